The fraction of sp³-hybridized carbons (Fsp3) is 0.320. The summed E-state index contributed by atoms with van der Waals surface area (Å²) in [6, 6.07) is 20.1. The minimum Gasteiger partial charge on any atom is -0.490 e. The molecule has 1 fully saturated rings. The fourth-order valence-corrected chi connectivity index (χ4v) is 4.28. The zero-order valence-electron chi connectivity index (χ0n) is 16.9. The van der Waals surface area contributed by atoms with Crippen LogP contribution in [0.1, 0.15) is 30.9 Å². The third-order valence-corrected chi connectivity index (χ3v) is 5.81. The lowest BCUT2D eigenvalue weighted by molar-refractivity contribution is -0.134. The average molecular weight is 403 g/mol. The number of benzene rings is 3. The van der Waals surface area contributed by atoms with Crippen LogP contribution in [0.25, 0.3) is 10.8 Å². The van der Waals surface area contributed by atoms with Crippen molar-refractivity contribution in [2.75, 3.05) is 26.4 Å². The van der Waals surface area contributed by atoms with Gasteiger partial charge in [0.05, 0.1) is 19.3 Å². The van der Waals surface area contributed by atoms with Gasteiger partial charge in [0.15, 0.2) is 18.1 Å². The Hall–Kier alpha value is -3.21. The summed E-state index contributed by atoms with van der Waals surface area (Å²) < 4.78 is 17.4. The summed E-state index contributed by atoms with van der Waals surface area (Å²) in [7, 11) is 0. The molecule has 5 rings (SSSR count). The summed E-state index contributed by atoms with van der Waals surface area (Å²) in [5.41, 5.74) is 1.09. The van der Waals surface area contributed by atoms with Crippen molar-refractivity contribution in [3.8, 4) is 17.2 Å². The van der Waals surface area contributed by atoms with Crippen molar-refractivity contribution >= 4 is 16.7 Å². The first kappa shape index (κ1) is 18.8. The van der Waals surface area contributed by atoms with Gasteiger partial charge in [-0.15, -0.1) is 0 Å². The lowest BCUT2D eigenvalue weighted by Crippen LogP contribution is -2.34. The second kappa shape index (κ2) is 8.27. The van der Waals surface area contributed by atoms with Gasteiger partial charge in [-0.05, 0) is 53.4 Å². The number of amides is 1. The Morgan fingerprint density at radius 2 is 1.77 bits per heavy atom. The second-order valence-electron chi connectivity index (χ2n) is 7.80. The Bertz CT molecular complexity index is 1060. The Balaban J connectivity index is 1.28. The van der Waals surface area contributed by atoms with E-state index in [1.807, 2.05) is 59.5 Å². The Morgan fingerprint density at radius 3 is 2.67 bits per heavy atom. The average Bonchev–Trinajstić information content (AvgIpc) is 3.16. The maximum Gasteiger partial charge on any atom is 0.261 e. The maximum absolute atomic E-state index is 13.0. The Labute approximate surface area is 176 Å². The molecule has 1 unspecified atom stereocenters. The largest absolute Gasteiger partial charge is 0.490 e. The highest BCUT2D eigenvalue weighted by Crippen LogP contribution is 2.38. The molecule has 0 aliphatic carbocycles. The molecule has 2 aliphatic rings. The van der Waals surface area contributed by atoms with Crippen LogP contribution in [0.2, 0.25) is 0 Å². The molecule has 30 heavy (non-hydrogen) atoms. The van der Waals surface area contributed by atoms with E-state index < -0.39 is 0 Å². The zero-order chi connectivity index (χ0) is 20.3. The van der Waals surface area contributed by atoms with Crippen molar-refractivity contribution in [2.24, 2.45) is 0 Å². The van der Waals surface area contributed by atoms with E-state index >= 15 is 0 Å². The first-order valence-corrected chi connectivity index (χ1v) is 10.6. The van der Waals surface area contributed by atoms with Gasteiger partial charge in [-0.1, -0.05) is 36.4 Å². The fourth-order valence-electron chi connectivity index (χ4n) is 4.28. The highest BCUT2D eigenvalue weighted by Gasteiger charge is 2.31. The molecule has 3 aromatic rings. The predicted molar refractivity (Wildman–Crippen MR) is 115 cm³/mol. The molecule has 0 aromatic heterocycles. The van der Waals surface area contributed by atoms with Crippen molar-refractivity contribution in [1.82, 2.24) is 4.90 Å². The number of carbonyl (C=O) groups excluding carboxylic acids is 1. The minimum atomic E-state index is 0.0118. The van der Waals surface area contributed by atoms with Crippen molar-refractivity contribution in [1.29, 1.82) is 0 Å². The van der Waals surface area contributed by atoms with E-state index in [-0.39, 0.29) is 18.6 Å². The van der Waals surface area contributed by atoms with Gasteiger partial charge in [0, 0.05) is 13.0 Å². The van der Waals surface area contributed by atoms with Crippen LogP contribution in [0.3, 0.4) is 0 Å². The van der Waals surface area contributed by atoms with E-state index in [1.165, 1.54) is 0 Å². The van der Waals surface area contributed by atoms with Gasteiger partial charge < -0.3 is 19.1 Å². The minimum absolute atomic E-state index is 0.0118. The van der Waals surface area contributed by atoms with Crippen molar-refractivity contribution in [2.45, 2.75) is 25.3 Å². The van der Waals surface area contributed by atoms with Crippen LogP contribution in [-0.2, 0) is 4.79 Å². The van der Waals surface area contributed by atoms with Gasteiger partial charge in [-0.2, -0.15) is 0 Å². The lowest BCUT2D eigenvalue weighted by Gasteiger charge is -2.25. The third kappa shape index (κ3) is 3.80. The van der Waals surface area contributed by atoms with E-state index in [9.17, 15) is 4.79 Å². The zero-order valence-corrected chi connectivity index (χ0v) is 16.9. The number of rotatable bonds is 4. The van der Waals surface area contributed by atoms with Crippen LogP contribution >= 0.6 is 0 Å². The van der Waals surface area contributed by atoms with Crippen molar-refractivity contribution < 1.29 is 19.0 Å². The monoisotopic (exact) mass is 403 g/mol. The number of hydrogen-bond acceptors (Lipinski definition) is 4. The quantitative estimate of drug-likeness (QED) is 0.631. The molecular formula is C25H25NO4. The van der Waals surface area contributed by atoms with Crippen molar-refractivity contribution in [3.63, 3.8) is 0 Å². The summed E-state index contributed by atoms with van der Waals surface area (Å²) in [4.78, 5) is 14.9. The van der Waals surface area contributed by atoms with Gasteiger partial charge in [-0.25, -0.2) is 0 Å². The molecule has 0 N–H and O–H groups in total. The van der Waals surface area contributed by atoms with E-state index in [0.717, 1.165) is 53.6 Å². The van der Waals surface area contributed by atoms with E-state index in [1.54, 1.807) is 0 Å². The predicted octanol–water partition coefficient (Wildman–Crippen LogP) is 4.74. The van der Waals surface area contributed by atoms with Gasteiger partial charge in [-0.3, -0.25) is 4.79 Å². The number of hydrogen-bond donors (Lipinski definition) is 0. The molecule has 0 spiro atoms. The number of ether oxygens (including phenoxy) is 3. The second-order valence-corrected chi connectivity index (χ2v) is 7.80. The van der Waals surface area contributed by atoms with Gasteiger partial charge in [0.1, 0.15) is 5.75 Å². The number of fused-ring (bicyclic) bond motifs is 2. The van der Waals surface area contributed by atoms with Gasteiger partial charge in [0.2, 0.25) is 0 Å². The number of likely N-dealkylation sites (tertiary alicyclic amines) is 1. The van der Waals surface area contributed by atoms with E-state index in [0.29, 0.717) is 19.0 Å². The summed E-state index contributed by atoms with van der Waals surface area (Å²) >= 11 is 0. The molecule has 1 atom stereocenters. The molecule has 2 aliphatic heterocycles. The molecule has 0 saturated carbocycles. The first-order valence-electron chi connectivity index (χ1n) is 10.6. The third-order valence-electron chi connectivity index (χ3n) is 5.81. The summed E-state index contributed by atoms with van der Waals surface area (Å²) in [5.74, 6) is 2.29. The number of carbonyl (C=O) groups is 1. The van der Waals surface area contributed by atoms with E-state index in [4.69, 9.17) is 14.2 Å². The highest BCUT2D eigenvalue weighted by molar-refractivity contribution is 5.84. The summed E-state index contributed by atoms with van der Waals surface area (Å²) in [5, 5.41) is 2.26. The molecule has 3 aromatic carbocycles. The van der Waals surface area contributed by atoms with Gasteiger partial charge >= 0.3 is 0 Å². The molecule has 5 heteroatoms. The normalized spacial score (nSPS) is 18.3. The smallest absolute Gasteiger partial charge is 0.261 e. The molecule has 0 bridgehead atoms. The molecule has 2 heterocycles. The van der Waals surface area contributed by atoms with Crippen molar-refractivity contribution in [3.05, 3.63) is 66.2 Å². The topological polar surface area (TPSA) is 48.0 Å². The van der Waals surface area contributed by atoms with Crippen LogP contribution < -0.4 is 14.2 Å². The van der Waals surface area contributed by atoms with E-state index in [2.05, 4.69) is 6.07 Å². The Morgan fingerprint density at radius 1 is 0.933 bits per heavy atom. The molecule has 154 valence electrons. The molecule has 1 saturated heterocycles. The molecular weight excluding hydrogens is 378 g/mol. The highest BCUT2D eigenvalue weighted by atomic mass is 16.5. The van der Waals surface area contributed by atoms with Crippen LogP contribution in [0, 0.1) is 0 Å². The SMILES string of the molecule is O=C(COc1ccc2ccccc2c1)N1CCCC1c1ccc2c(c1)OCCCO2. The Kier molecular flexibility index (Phi) is 5.18. The standard InChI is InChI=1S/C25H25NO4/c27-25(17-30-21-10-8-18-5-1-2-6-19(18)15-21)26-12-3-7-22(26)20-9-11-23-24(16-20)29-14-4-13-28-23/h1-2,5-6,8-11,15-16,22H,3-4,7,12-14,17H2. The summed E-state index contributed by atoms with van der Waals surface area (Å²) in [6.07, 6.45) is 2.81. The maximum atomic E-state index is 13.0. The molecule has 1 amide bonds. The van der Waals surface area contributed by atoms with Gasteiger partial charge in [0.25, 0.3) is 5.91 Å². The number of nitrogens with zero attached hydrogens (tertiary/aromatic N) is 1. The van der Waals surface area contributed by atoms with Crippen LogP contribution in [0.15, 0.2) is 60.7 Å². The molecule has 0 radical (unpaired) electrons. The van der Waals surface area contributed by atoms with Crippen LogP contribution in [0.4, 0.5) is 0 Å². The lowest BCUT2D eigenvalue weighted by atomic mass is 10.0. The van der Waals surface area contributed by atoms with Crippen LogP contribution in [-0.4, -0.2) is 37.2 Å². The summed E-state index contributed by atoms with van der Waals surface area (Å²) in [6.45, 7) is 2.12. The molecule has 5 nitrogen and oxygen atoms in total. The first-order chi connectivity index (χ1) is 14.8. The van der Waals surface area contributed by atoms with Crippen LogP contribution in [0.5, 0.6) is 17.2 Å².